The van der Waals surface area contributed by atoms with Crippen molar-refractivity contribution in [3.05, 3.63) is 27.8 Å². The van der Waals surface area contributed by atoms with E-state index in [0.717, 1.165) is 23.5 Å². The molecule has 17 heavy (non-hydrogen) atoms. The van der Waals surface area contributed by atoms with E-state index in [1.807, 2.05) is 12.3 Å². The molecule has 0 aromatic carbocycles. The molecule has 1 atom stereocenters. The van der Waals surface area contributed by atoms with Crippen LogP contribution < -0.4 is 5.73 Å². The molecule has 0 saturated heterocycles. The van der Waals surface area contributed by atoms with Crippen molar-refractivity contribution in [3.63, 3.8) is 0 Å². The van der Waals surface area contributed by atoms with E-state index in [1.165, 1.54) is 0 Å². The standard InChI is InChI=1S/C11H16N4OS/c1-3-4-9(12)11-14-10(15-16-11)5-8-6-17-7(2)13-8/h6,9H,3-5,12H2,1-2H3/t9-/m0/s1. The molecule has 0 fully saturated rings. The minimum atomic E-state index is -0.154. The Bertz CT molecular complexity index is 479. The SMILES string of the molecule is CCC[C@H](N)c1nc(Cc2csc(C)n2)no1. The number of aryl methyl sites for hydroxylation is 1. The number of nitrogens with zero attached hydrogens (tertiary/aromatic N) is 3. The van der Waals surface area contributed by atoms with Gasteiger partial charge in [0, 0.05) is 5.38 Å². The minimum Gasteiger partial charge on any atom is -0.338 e. The zero-order chi connectivity index (χ0) is 12.3. The molecule has 0 aliphatic carbocycles. The monoisotopic (exact) mass is 252 g/mol. The van der Waals surface area contributed by atoms with Gasteiger partial charge in [0.05, 0.1) is 23.2 Å². The molecule has 2 aromatic heterocycles. The van der Waals surface area contributed by atoms with Gasteiger partial charge in [0.2, 0.25) is 5.89 Å². The second-order valence-corrected chi connectivity index (χ2v) is 5.04. The van der Waals surface area contributed by atoms with Gasteiger partial charge in [0.15, 0.2) is 5.82 Å². The average Bonchev–Trinajstić information content (AvgIpc) is 2.89. The highest BCUT2D eigenvalue weighted by atomic mass is 32.1. The maximum atomic E-state index is 5.91. The quantitative estimate of drug-likeness (QED) is 0.882. The Kier molecular flexibility index (Phi) is 3.86. The fraction of sp³-hybridized carbons (Fsp3) is 0.545. The first-order valence-electron chi connectivity index (χ1n) is 5.68. The van der Waals surface area contributed by atoms with Crippen molar-refractivity contribution in [2.75, 3.05) is 0 Å². The van der Waals surface area contributed by atoms with Crippen LogP contribution in [-0.2, 0) is 6.42 Å². The summed E-state index contributed by atoms with van der Waals surface area (Å²) in [5.41, 5.74) is 6.88. The second-order valence-electron chi connectivity index (χ2n) is 3.98. The molecular formula is C11H16N4OS. The van der Waals surface area contributed by atoms with Gasteiger partial charge in [-0.1, -0.05) is 18.5 Å². The van der Waals surface area contributed by atoms with Crippen LogP contribution in [0.25, 0.3) is 0 Å². The van der Waals surface area contributed by atoms with Gasteiger partial charge >= 0.3 is 0 Å². The third-order valence-corrected chi connectivity index (χ3v) is 3.23. The molecule has 2 aromatic rings. The number of aromatic nitrogens is 3. The van der Waals surface area contributed by atoms with E-state index in [4.69, 9.17) is 10.3 Å². The Labute approximate surface area is 104 Å². The smallest absolute Gasteiger partial charge is 0.243 e. The van der Waals surface area contributed by atoms with E-state index in [1.54, 1.807) is 11.3 Å². The summed E-state index contributed by atoms with van der Waals surface area (Å²) < 4.78 is 5.15. The molecule has 2 heterocycles. The van der Waals surface area contributed by atoms with Gasteiger partial charge in [-0.2, -0.15) is 4.98 Å². The molecule has 0 amide bonds. The van der Waals surface area contributed by atoms with Crippen molar-refractivity contribution < 1.29 is 4.52 Å². The van der Waals surface area contributed by atoms with E-state index < -0.39 is 0 Å². The average molecular weight is 252 g/mol. The van der Waals surface area contributed by atoms with Crippen molar-refractivity contribution in [1.82, 2.24) is 15.1 Å². The topological polar surface area (TPSA) is 77.8 Å². The van der Waals surface area contributed by atoms with Gasteiger partial charge in [0.1, 0.15) is 0 Å². The van der Waals surface area contributed by atoms with Crippen LogP contribution in [0.4, 0.5) is 0 Å². The third-order valence-electron chi connectivity index (χ3n) is 2.41. The second kappa shape index (κ2) is 5.37. The summed E-state index contributed by atoms with van der Waals surface area (Å²) in [7, 11) is 0. The number of hydrogen-bond donors (Lipinski definition) is 1. The fourth-order valence-electron chi connectivity index (χ4n) is 1.58. The van der Waals surface area contributed by atoms with Crippen LogP contribution in [-0.4, -0.2) is 15.1 Å². The minimum absolute atomic E-state index is 0.154. The van der Waals surface area contributed by atoms with E-state index in [-0.39, 0.29) is 6.04 Å². The molecular weight excluding hydrogens is 236 g/mol. The first kappa shape index (κ1) is 12.2. The highest BCUT2D eigenvalue weighted by Gasteiger charge is 2.14. The van der Waals surface area contributed by atoms with Crippen LogP contribution in [0.5, 0.6) is 0 Å². The van der Waals surface area contributed by atoms with Crippen molar-refractivity contribution in [2.45, 2.75) is 39.2 Å². The molecule has 0 aliphatic rings. The van der Waals surface area contributed by atoms with E-state index in [2.05, 4.69) is 22.0 Å². The molecule has 92 valence electrons. The van der Waals surface area contributed by atoms with Crippen LogP contribution >= 0.6 is 11.3 Å². The molecule has 0 unspecified atom stereocenters. The maximum Gasteiger partial charge on any atom is 0.243 e. The van der Waals surface area contributed by atoms with Crippen molar-refractivity contribution >= 4 is 11.3 Å². The summed E-state index contributed by atoms with van der Waals surface area (Å²) in [6.45, 7) is 4.06. The fourth-order valence-corrected chi connectivity index (χ4v) is 2.19. The third kappa shape index (κ3) is 3.10. The zero-order valence-corrected chi connectivity index (χ0v) is 10.8. The van der Waals surface area contributed by atoms with Crippen LogP contribution in [0.3, 0.4) is 0 Å². The van der Waals surface area contributed by atoms with Crippen molar-refractivity contribution in [3.8, 4) is 0 Å². The molecule has 0 bridgehead atoms. The molecule has 0 spiro atoms. The van der Waals surface area contributed by atoms with Crippen molar-refractivity contribution in [2.24, 2.45) is 5.73 Å². The summed E-state index contributed by atoms with van der Waals surface area (Å²) in [6, 6.07) is -0.154. The van der Waals surface area contributed by atoms with Gasteiger partial charge in [0.25, 0.3) is 0 Å². The molecule has 0 aliphatic heterocycles. The first-order chi connectivity index (χ1) is 8.19. The largest absolute Gasteiger partial charge is 0.338 e. The van der Waals surface area contributed by atoms with Crippen LogP contribution in [0.2, 0.25) is 0 Å². The number of hydrogen-bond acceptors (Lipinski definition) is 6. The summed E-state index contributed by atoms with van der Waals surface area (Å²) >= 11 is 1.62. The molecule has 0 radical (unpaired) electrons. The Balaban J connectivity index is 2.03. The van der Waals surface area contributed by atoms with Gasteiger partial charge < -0.3 is 10.3 Å². The van der Waals surface area contributed by atoms with Gasteiger partial charge in [-0.05, 0) is 13.3 Å². The highest BCUT2D eigenvalue weighted by Crippen LogP contribution is 2.15. The Morgan fingerprint density at radius 2 is 2.29 bits per heavy atom. The highest BCUT2D eigenvalue weighted by molar-refractivity contribution is 7.09. The lowest BCUT2D eigenvalue weighted by Crippen LogP contribution is -2.10. The molecule has 2 rings (SSSR count). The summed E-state index contributed by atoms with van der Waals surface area (Å²) in [5, 5.41) is 6.98. The molecule has 2 N–H and O–H groups in total. The Morgan fingerprint density at radius 1 is 1.47 bits per heavy atom. The summed E-state index contributed by atoms with van der Waals surface area (Å²) in [5.74, 6) is 1.17. The predicted molar refractivity (Wildman–Crippen MR) is 65.8 cm³/mol. The van der Waals surface area contributed by atoms with Gasteiger partial charge in [-0.3, -0.25) is 0 Å². The first-order valence-corrected chi connectivity index (χ1v) is 6.56. The Hall–Kier alpha value is -1.27. The number of nitrogens with two attached hydrogens (primary N) is 1. The van der Waals surface area contributed by atoms with E-state index >= 15 is 0 Å². The van der Waals surface area contributed by atoms with E-state index in [9.17, 15) is 0 Å². The maximum absolute atomic E-state index is 5.91. The lowest BCUT2D eigenvalue weighted by atomic mass is 10.2. The molecule has 5 nitrogen and oxygen atoms in total. The number of rotatable bonds is 5. The zero-order valence-electron chi connectivity index (χ0n) is 10.0. The summed E-state index contributed by atoms with van der Waals surface area (Å²) in [4.78, 5) is 8.66. The number of thiazole rings is 1. The van der Waals surface area contributed by atoms with Gasteiger partial charge in [-0.15, -0.1) is 11.3 Å². The summed E-state index contributed by atoms with van der Waals surface area (Å²) in [6.07, 6.45) is 2.47. The van der Waals surface area contributed by atoms with Gasteiger partial charge in [-0.25, -0.2) is 4.98 Å². The van der Waals surface area contributed by atoms with Crippen LogP contribution in [0.1, 0.15) is 48.2 Å². The van der Waals surface area contributed by atoms with Crippen molar-refractivity contribution in [1.29, 1.82) is 0 Å². The predicted octanol–water partition coefficient (Wildman–Crippen LogP) is 2.23. The van der Waals surface area contributed by atoms with Crippen LogP contribution in [0.15, 0.2) is 9.90 Å². The van der Waals surface area contributed by atoms with Crippen LogP contribution in [0, 0.1) is 6.92 Å². The molecule has 6 heteroatoms. The Morgan fingerprint density at radius 3 is 2.94 bits per heavy atom. The molecule has 0 saturated carbocycles. The van der Waals surface area contributed by atoms with E-state index in [0.29, 0.717) is 18.1 Å². The lowest BCUT2D eigenvalue weighted by molar-refractivity contribution is 0.345. The normalized spacial score (nSPS) is 12.9. The lowest BCUT2D eigenvalue weighted by Gasteiger charge is -2.01.